The summed E-state index contributed by atoms with van der Waals surface area (Å²) in [6.45, 7) is 2.83. The fourth-order valence-electron chi connectivity index (χ4n) is 3.38. The number of hydrogen-bond acceptors (Lipinski definition) is 9. The van der Waals surface area contributed by atoms with Crippen LogP contribution in [0.25, 0.3) is 6.08 Å². The lowest BCUT2D eigenvalue weighted by molar-refractivity contribution is -0.115. The number of nitrogens with zero attached hydrogens (tertiary/aromatic N) is 4. The van der Waals surface area contributed by atoms with Crippen molar-refractivity contribution < 1.29 is 23.9 Å². The topological polar surface area (TPSA) is 114 Å². The SMILES string of the molecule is COCCOc1cc(/C=C2\SC(=O)NC2=O)nc(N2CCN(C(=O)c3ccccc3)CC2)n1. The standard InChI is InChI=1S/C22H23N5O5S/c1-31-11-12-32-18-14-16(13-17-19(28)25-22(30)33-17)23-21(24-18)27-9-7-26(8-10-27)20(29)15-5-3-2-4-6-15/h2-6,13-14H,7-12H2,1H3,(H,25,28,30)/b17-13-. The van der Waals surface area contributed by atoms with Crippen molar-refractivity contribution >= 4 is 40.8 Å². The molecule has 2 aliphatic rings. The van der Waals surface area contributed by atoms with Gasteiger partial charge in [0.05, 0.1) is 17.2 Å². The number of ether oxygens (including phenoxy) is 2. The molecule has 2 aromatic rings. The van der Waals surface area contributed by atoms with E-state index in [4.69, 9.17) is 9.47 Å². The van der Waals surface area contributed by atoms with Gasteiger partial charge in [-0.25, -0.2) is 4.98 Å². The molecular weight excluding hydrogens is 446 g/mol. The number of nitrogens with one attached hydrogen (secondary N) is 1. The van der Waals surface area contributed by atoms with Crippen LogP contribution in [0.2, 0.25) is 0 Å². The molecule has 172 valence electrons. The fraction of sp³-hybridized carbons (Fsp3) is 0.318. The lowest BCUT2D eigenvalue weighted by Crippen LogP contribution is -2.49. The van der Waals surface area contributed by atoms with Gasteiger partial charge >= 0.3 is 0 Å². The average molecular weight is 470 g/mol. The fourth-order valence-corrected chi connectivity index (χ4v) is 4.04. The quantitative estimate of drug-likeness (QED) is 0.479. The minimum Gasteiger partial charge on any atom is -0.475 e. The second-order valence-electron chi connectivity index (χ2n) is 7.27. The molecule has 1 aromatic carbocycles. The monoisotopic (exact) mass is 469 g/mol. The van der Waals surface area contributed by atoms with Gasteiger partial charge in [-0.2, -0.15) is 4.98 Å². The van der Waals surface area contributed by atoms with Crippen molar-refractivity contribution in [2.45, 2.75) is 0 Å². The minimum absolute atomic E-state index is 0.00724. The van der Waals surface area contributed by atoms with Gasteiger partial charge in [-0.15, -0.1) is 0 Å². The van der Waals surface area contributed by atoms with Crippen LogP contribution in [0.3, 0.4) is 0 Å². The van der Waals surface area contributed by atoms with E-state index in [0.29, 0.717) is 62.5 Å². The zero-order valence-corrected chi connectivity index (χ0v) is 18.8. The predicted octanol–water partition coefficient (Wildman–Crippen LogP) is 1.79. The minimum atomic E-state index is -0.458. The van der Waals surface area contributed by atoms with E-state index in [1.807, 2.05) is 23.1 Å². The Morgan fingerprint density at radius 2 is 1.88 bits per heavy atom. The van der Waals surface area contributed by atoms with E-state index in [1.54, 1.807) is 30.2 Å². The number of carbonyl (C=O) groups is 3. The predicted molar refractivity (Wildman–Crippen MR) is 123 cm³/mol. The normalized spacial score (nSPS) is 17.4. The number of piperazine rings is 1. The molecule has 1 aromatic heterocycles. The van der Waals surface area contributed by atoms with E-state index in [2.05, 4.69) is 15.3 Å². The highest BCUT2D eigenvalue weighted by atomic mass is 32.2. The number of thioether (sulfide) groups is 1. The Morgan fingerprint density at radius 3 is 2.55 bits per heavy atom. The van der Waals surface area contributed by atoms with Gasteiger partial charge in [0.25, 0.3) is 17.1 Å². The molecular formula is C22H23N5O5S. The molecule has 0 unspecified atom stereocenters. The smallest absolute Gasteiger partial charge is 0.290 e. The van der Waals surface area contributed by atoms with Gasteiger partial charge in [0.1, 0.15) is 6.61 Å². The van der Waals surface area contributed by atoms with Crippen molar-refractivity contribution in [1.29, 1.82) is 0 Å². The van der Waals surface area contributed by atoms with E-state index in [-0.39, 0.29) is 10.8 Å². The zero-order valence-electron chi connectivity index (χ0n) is 18.0. The highest BCUT2D eigenvalue weighted by Crippen LogP contribution is 2.27. The first kappa shape index (κ1) is 22.7. The molecule has 0 atom stereocenters. The summed E-state index contributed by atoms with van der Waals surface area (Å²) in [4.78, 5) is 49.2. The number of carbonyl (C=O) groups excluding carboxylic acids is 3. The van der Waals surface area contributed by atoms with Gasteiger partial charge in [0.2, 0.25) is 11.8 Å². The number of benzene rings is 1. The summed E-state index contributed by atoms with van der Waals surface area (Å²) in [5, 5.41) is 1.81. The van der Waals surface area contributed by atoms with Crippen LogP contribution in [-0.2, 0) is 9.53 Å². The summed E-state index contributed by atoms with van der Waals surface area (Å²) in [5.74, 6) is 0.298. The number of anilines is 1. The van der Waals surface area contributed by atoms with Gasteiger partial charge in [0, 0.05) is 44.9 Å². The summed E-state index contributed by atoms with van der Waals surface area (Å²) < 4.78 is 10.7. The molecule has 10 nitrogen and oxygen atoms in total. The molecule has 2 aliphatic heterocycles. The van der Waals surface area contributed by atoms with Gasteiger partial charge in [-0.3, -0.25) is 19.7 Å². The lowest BCUT2D eigenvalue weighted by atomic mass is 10.2. The first-order valence-electron chi connectivity index (χ1n) is 10.4. The summed E-state index contributed by atoms with van der Waals surface area (Å²) in [5.41, 5.74) is 1.11. The highest BCUT2D eigenvalue weighted by molar-refractivity contribution is 8.18. The number of methoxy groups -OCH3 is 1. The van der Waals surface area contributed by atoms with Crippen LogP contribution in [-0.4, -0.2) is 78.4 Å². The van der Waals surface area contributed by atoms with Crippen LogP contribution in [0.15, 0.2) is 41.3 Å². The van der Waals surface area contributed by atoms with Crippen molar-refractivity contribution in [3.63, 3.8) is 0 Å². The Bertz CT molecular complexity index is 1070. The zero-order chi connectivity index (χ0) is 23.2. The Balaban J connectivity index is 1.51. The van der Waals surface area contributed by atoms with E-state index in [0.717, 1.165) is 11.8 Å². The lowest BCUT2D eigenvalue weighted by Gasteiger charge is -2.35. The molecule has 1 N–H and O–H groups in total. The van der Waals surface area contributed by atoms with Gasteiger partial charge in [0.15, 0.2) is 0 Å². The van der Waals surface area contributed by atoms with Crippen molar-refractivity contribution in [2.75, 3.05) is 51.4 Å². The maximum absolute atomic E-state index is 12.7. The molecule has 4 rings (SSSR count). The number of amides is 3. The van der Waals surface area contributed by atoms with Crippen molar-refractivity contribution in [3.05, 3.63) is 52.6 Å². The number of rotatable bonds is 7. The molecule has 0 aliphatic carbocycles. The maximum atomic E-state index is 12.7. The van der Waals surface area contributed by atoms with Crippen LogP contribution in [0, 0.1) is 0 Å². The second-order valence-corrected chi connectivity index (χ2v) is 8.28. The van der Waals surface area contributed by atoms with Crippen LogP contribution >= 0.6 is 11.8 Å². The Hall–Kier alpha value is -3.44. The molecule has 2 fully saturated rings. The third kappa shape index (κ3) is 5.68. The van der Waals surface area contributed by atoms with Crippen molar-refractivity contribution in [1.82, 2.24) is 20.2 Å². The third-order valence-electron chi connectivity index (χ3n) is 5.04. The molecule has 3 heterocycles. The molecule has 0 radical (unpaired) electrons. The number of hydrogen-bond donors (Lipinski definition) is 1. The van der Waals surface area contributed by atoms with Crippen LogP contribution < -0.4 is 15.0 Å². The Morgan fingerprint density at radius 1 is 1.12 bits per heavy atom. The first-order chi connectivity index (χ1) is 16.0. The molecule has 0 bridgehead atoms. The molecule has 3 amide bonds. The van der Waals surface area contributed by atoms with Crippen LogP contribution in [0.5, 0.6) is 5.88 Å². The summed E-state index contributed by atoms with van der Waals surface area (Å²) in [6, 6.07) is 10.8. The summed E-state index contributed by atoms with van der Waals surface area (Å²) in [7, 11) is 1.58. The van der Waals surface area contributed by atoms with E-state index in [9.17, 15) is 14.4 Å². The van der Waals surface area contributed by atoms with Crippen molar-refractivity contribution in [2.24, 2.45) is 0 Å². The number of imide groups is 1. The van der Waals surface area contributed by atoms with E-state index >= 15 is 0 Å². The van der Waals surface area contributed by atoms with Gasteiger partial charge in [-0.05, 0) is 30.0 Å². The molecule has 33 heavy (non-hydrogen) atoms. The van der Waals surface area contributed by atoms with Crippen molar-refractivity contribution in [3.8, 4) is 5.88 Å². The Kier molecular flexibility index (Phi) is 7.20. The summed E-state index contributed by atoms with van der Waals surface area (Å²) >= 11 is 0.821. The van der Waals surface area contributed by atoms with Crippen LogP contribution in [0.4, 0.5) is 10.7 Å². The van der Waals surface area contributed by atoms with Gasteiger partial charge < -0.3 is 19.3 Å². The average Bonchev–Trinajstić information content (AvgIpc) is 3.15. The maximum Gasteiger partial charge on any atom is 0.290 e. The largest absolute Gasteiger partial charge is 0.475 e. The first-order valence-corrected chi connectivity index (χ1v) is 11.2. The second kappa shape index (κ2) is 10.5. The molecule has 11 heteroatoms. The molecule has 0 saturated carbocycles. The van der Waals surface area contributed by atoms with E-state index < -0.39 is 11.1 Å². The Labute approximate surface area is 195 Å². The van der Waals surface area contributed by atoms with Gasteiger partial charge in [-0.1, -0.05) is 18.2 Å². The third-order valence-corrected chi connectivity index (χ3v) is 5.85. The highest BCUT2D eigenvalue weighted by Gasteiger charge is 2.27. The van der Waals surface area contributed by atoms with E-state index in [1.165, 1.54) is 6.08 Å². The van der Waals surface area contributed by atoms with Crippen LogP contribution in [0.1, 0.15) is 16.1 Å². The number of aromatic nitrogens is 2. The molecule has 0 spiro atoms. The summed E-state index contributed by atoms with van der Waals surface area (Å²) in [6.07, 6.45) is 1.54. The molecule has 2 saturated heterocycles.